The molecule has 2 aromatic rings. The van der Waals surface area contributed by atoms with E-state index in [1.807, 2.05) is 11.3 Å². The highest BCUT2D eigenvalue weighted by Crippen LogP contribution is 2.37. The highest BCUT2D eigenvalue weighted by Gasteiger charge is 2.26. The number of anilines is 1. The van der Waals surface area contributed by atoms with Crippen LogP contribution in [0.2, 0.25) is 0 Å². The summed E-state index contributed by atoms with van der Waals surface area (Å²) in [5.41, 5.74) is 2.64. The average molecular weight is 307 g/mol. The first-order valence-corrected chi connectivity index (χ1v) is 8.91. The second-order valence-electron chi connectivity index (χ2n) is 5.58. The van der Waals surface area contributed by atoms with Crippen LogP contribution >= 0.6 is 22.7 Å². The Labute approximate surface area is 128 Å². The van der Waals surface area contributed by atoms with E-state index in [1.165, 1.54) is 5.56 Å². The SMILES string of the molecule is CC(C)NCc1csc(N2CCc3sccc3C2C)n1. The molecule has 5 heteroatoms. The molecule has 1 N–H and O–H groups in total. The van der Waals surface area contributed by atoms with E-state index in [0.29, 0.717) is 12.1 Å². The molecule has 0 aromatic carbocycles. The van der Waals surface area contributed by atoms with Crippen LogP contribution in [0, 0.1) is 0 Å². The molecule has 0 bridgehead atoms. The Morgan fingerprint density at radius 2 is 2.30 bits per heavy atom. The van der Waals surface area contributed by atoms with Crippen LogP contribution in [0.5, 0.6) is 0 Å². The van der Waals surface area contributed by atoms with Crippen molar-refractivity contribution in [1.82, 2.24) is 10.3 Å². The van der Waals surface area contributed by atoms with Gasteiger partial charge in [-0.05, 0) is 30.4 Å². The Bertz CT molecular complexity index is 573. The minimum atomic E-state index is 0.446. The number of thiophene rings is 1. The minimum absolute atomic E-state index is 0.446. The molecular weight excluding hydrogens is 286 g/mol. The predicted molar refractivity (Wildman–Crippen MR) is 87.9 cm³/mol. The van der Waals surface area contributed by atoms with Crippen molar-refractivity contribution in [3.63, 3.8) is 0 Å². The number of rotatable bonds is 4. The number of fused-ring (bicyclic) bond motifs is 1. The van der Waals surface area contributed by atoms with E-state index in [9.17, 15) is 0 Å². The highest BCUT2D eigenvalue weighted by atomic mass is 32.1. The molecule has 0 spiro atoms. The van der Waals surface area contributed by atoms with Crippen molar-refractivity contribution >= 4 is 27.8 Å². The van der Waals surface area contributed by atoms with Gasteiger partial charge >= 0.3 is 0 Å². The van der Waals surface area contributed by atoms with Crippen LogP contribution < -0.4 is 10.2 Å². The molecule has 2 aromatic heterocycles. The molecule has 0 radical (unpaired) electrons. The Morgan fingerprint density at radius 1 is 1.45 bits per heavy atom. The molecule has 0 saturated heterocycles. The Balaban J connectivity index is 1.74. The van der Waals surface area contributed by atoms with E-state index in [-0.39, 0.29) is 0 Å². The lowest BCUT2D eigenvalue weighted by Gasteiger charge is -2.33. The molecule has 1 aliphatic rings. The van der Waals surface area contributed by atoms with E-state index < -0.39 is 0 Å². The molecule has 108 valence electrons. The zero-order valence-electron chi connectivity index (χ0n) is 12.2. The van der Waals surface area contributed by atoms with Gasteiger partial charge in [-0.15, -0.1) is 22.7 Å². The predicted octanol–water partition coefficient (Wildman–Crippen LogP) is 3.83. The van der Waals surface area contributed by atoms with E-state index in [1.54, 1.807) is 16.2 Å². The summed E-state index contributed by atoms with van der Waals surface area (Å²) < 4.78 is 0. The second-order valence-corrected chi connectivity index (χ2v) is 7.41. The summed E-state index contributed by atoms with van der Waals surface area (Å²) in [6.45, 7) is 8.56. The third-order valence-electron chi connectivity index (χ3n) is 3.75. The molecule has 0 saturated carbocycles. The molecule has 3 heterocycles. The van der Waals surface area contributed by atoms with Crippen molar-refractivity contribution < 1.29 is 0 Å². The fourth-order valence-electron chi connectivity index (χ4n) is 2.59. The number of nitrogens with one attached hydrogen (secondary N) is 1. The molecule has 0 amide bonds. The first-order valence-electron chi connectivity index (χ1n) is 7.16. The van der Waals surface area contributed by atoms with E-state index in [2.05, 4.69) is 47.8 Å². The van der Waals surface area contributed by atoms with Gasteiger partial charge in [0.1, 0.15) is 0 Å². The van der Waals surface area contributed by atoms with Crippen molar-refractivity contribution in [3.8, 4) is 0 Å². The van der Waals surface area contributed by atoms with Crippen molar-refractivity contribution in [2.75, 3.05) is 11.4 Å². The lowest BCUT2D eigenvalue weighted by molar-refractivity contribution is 0.580. The van der Waals surface area contributed by atoms with Gasteiger partial charge in [-0.2, -0.15) is 0 Å². The fourth-order valence-corrected chi connectivity index (χ4v) is 4.48. The molecule has 3 nitrogen and oxygen atoms in total. The lowest BCUT2D eigenvalue weighted by atomic mass is 10.0. The van der Waals surface area contributed by atoms with Gasteiger partial charge in [0, 0.05) is 29.4 Å². The largest absolute Gasteiger partial charge is 0.341 e. The number of hydrogen-bond donors (Lipinski definition) is 1. The summed E-state index contributed by atoms with van der Waals surface area (Å²) in [5.74, 6) is 0. The van der Waals surface area contributed by atoms with Gasteiger partial charge in [-0.3, -0.25) is 0 Å². The molecular formula is C15H21N3S2. The zero-order valence-corrected chi connectivity index (χ0v) is 13.9. The van der Waals surface area contributed by atoms with Gasteiger partial charge in [0.2, 0.25) is 0 Å². The summed E-state index contributed by atoms with van der Waals surface area (Å²) in [6.07, 6.45) is 1.15. The summed E-state index contributed by atoms with van der Waals surface area (Å²) >= 11 is 3.66. The van der Waals surface area contributed by atoms with Crippen molar-refractivity contribution in [3.05, 3.63) is 33.0 Å². The topological polar surface area (TPSA) is 28.2 Å². The zero-order chi connectivity index (χ0) is 14.1. The number of nitrogens with zero attached hydrogens (tertiary/aromatic N) is 2. The maximum atomic E-state index is 4.80. The van der Waals surface area contributed by atoms with Crippen LogP contribution in [0.4, 0.5) is 5.13 Å². The maximum absolute atomic E-state index is 4.80. The summed E-state index contributed by atoms with van der Waals surface area (Å²) in [6, 6.07) is 3.22. The van der Waals surface area contributed by atoms with Crippen LogP contribution in [-0.2, 0) is 13.0 Å². The van der Waals surface area contributed by atoms with Gasteiger partial charge in [0.05, 0.1) is 11.7 Å². The van der Waals surface area contributed by atoms with Gasteiger partial charge in [-0.1, -0.05) is 13.8 Å². The first kappa shape index (κ1) is 14.0. The third kappa shape index (κ3) is 2.75. The lowest BCUT2D eigenvalue weighted by Crippen LogP contribution is -2.33. The van der Waals surface area contributed by atoms with Crippen LogP contribution in [0.3, 0.4) is 0 Å². The monoisotopic (exact) mass is 307 g/mol. The quantitative estimate of drug-likeness (QED) is 0.930. The summed E-state index contributed by atoms with van der Waals surface area (Å²) in [5, 5.41) is 8.98. The van der Waals surface area contributed by atoms with Crippen molar-refractivity contribution in [1.29, 1.82) is 0 Å². The number of hydrogen-bond acceptors (Lipinski definition) is 5. The third-order valence-corrected chi connectivity index (χ3v) is 5.68. The van der Waals surface area contributed by atoms with Crippen molar-refractivity contribution in [2.45, 2.75) is 45.8 Å². The van der Waals surface area contributed by atoms with Gasteiger partial charge in [0.15, 0.2) is 5.13 Å². The maximum Gasteiger partial charge on any atom is 0.186 e. The number of aromatic nitrogens is 1. The average Bonchev–Trinajstić information content (AvgIpc) is 3.05. The number of thiazole rings is 1. The van der Waals surface area contributed by atoms with E-state index in [0.717, 1.165) is 30.3 Å². The Morgan fingerprint density at radius 3 is 3.10 bits per heavy atom. The minimum Gasteiger partial charge on any atom is -0.341 e. The molecule has 0 fully saturated rings. The molecule has 1 unspecified atom stereocenters. The Kier molecular flexibility index (Phi) is 4.10. The van der Waals surface area contributed by atoms with E-state index >= 15 is 0 Å². The van der Waals surface area contributed by atoms with Gasteiger partial charge in [0.25, 0.3) is 0 Å². The van der Waals surface area contributed by atoms with Gasteiger partial charge < -0.3 is 10.2 Å². The molecule has 20 heavy (non-hydrogen) atoms. The molecule has 3 rings (SSSR count). The Hall–Kier alpha value is -0.910. The standard InChI is InChI=1S/C15H21N3S2/c1-10(2)16-8-12-9-20-15(17-12)18-6-4-14-13(11(18)3)5-7-19-14/h5,7,9-11,16H,4,6,8H2,1-3H3. The molecule has 1 atom stereocenters. The van der Waals surface area contributed by atoms with Crippen LogP contribution in [0.1, 0.15) is 42.9 Å². The van der Waals surface area contributed by atoms with Crippen LogP contribution in [-0.4, -0.2) is 17.6 Å². The van der Waals surface area contributed by atoms with Gasteiger partial charge in [-0.25, -0.2) is 4.98 Å². The first-order chi connectivity index (χ1) is 9.65. The smallest absolute Gasteiger partial charge is 0.186 e. The summed E-state index contributed by atoms with van der Waals surface area (Å²) in [7, 11) is 0. The van der Waals surface area contributed by atoms with Crippen molar-refractivity contribution in [2.24, 2.45) is 0 Å². The van der Waals surface area contributed by atoms with Crippen LogP contribution in [0.25, 0.3) is 0 Å². The summed E-state index contributed by atoms with van der Waals surface area (Å²) in [4.78, 5) is 8.79. The second kappa shape index (κ2) is 5.84. The fraction of sp³-hybridized carbons (Fsp3) is 0.533. The molecule has 1 aliphatic heterocycles. The molecule has 0 aliphatic carbocycles. The van der Waals surface area contributed by atoms with Crippen LogP contribution in [0.15, 0.2) is 16.8 Å². The normalized spacial score (nSPS) is 18.6. The van der Waals surface area contributed by atoms with E-state index in [4.69, 9.17) is 4.98 Å². The highest BCUT2D eigenvalue weighted by molar-refractivity contribution is 7.13.